The normalized spacial score (nSPS) is 16.5. The fraction of sp³-hybridized carbons (Fsp3) is 0.400. The zero-order chi connectivity index (χ0) is 26.0. The second-order valence-electron chi connectivity index (χ2n) is 8.73. The van der Waals surface area contributed by atoms with Crippen molar-refractivity contribution < 1.29 is 13.2 Å². The van der Waals surface area contributed by atoms with Crippen LogP contribution in [0.3, 0.4) is 0 Å². The molecule has 3 heterocycles. The van der Waals surface area contributed by atoms with E-state index in [1.165, 1.54) is 35.9 Å². The monoisotopic (exact) mass is 500 g/mol. The third-order valence-electron chi connectivity index (χ3n) is 6.18. The topological polar surface area (TPSA) is 91.1 Å². The number of aromatic nitrogens is 4. The molecule has 11 heteroatoms. The van der Waals surface area contributed by atoms with Crippen molar-refractivity contribution in [2.45, 2.75) is 45.1 Å². The Hall–Kier alpha value is -3.78. The Bertz CT molecular complexity index is 1490. The average molecular weight is 501 g/mol. The maximum absolute atomic E-state index is 13.5. The first kappa shape index (κ1) is 25.3. The molecule has 0 spiro atoms. The van der Waals surface area contributed by atoms with Gasteiger partial charge in [0, 0.05) is 32.7 Å². The zero-order valence-electron chi connectivity index (χ0n) is 20.0. The molecule has 0 amide bonds. The number of allylic oxidation sites excluding steroid dienone is 1. The number of imidazole rings is 1. The van der Waals surface area contributed by atoms with Gasteiger partial charge in [0.15, 0.2) is 11.2 Å². The molecule has 190 valence electrons. The molecule has 1 aliphatic heterocycles. The Labute approximate surface area is 205 Å². The van der Waals surface area contributed by atoms with Gasteiger partial charge in [0.05, 0.1) is 12.1 Å². The van der Waals surface area contributed by atoms with Gasteiger partial charge in [-0.15, -0.1) is 5.92 Å². The number of alkyl halides is 3. The number of piperidine rings is 1. The highest BCUT2D eigenvalue weighted by molar-refractivity contribution is 5.75. The Morgan fingerprint density at radius 1 is 1.25 bits per heavy atom. The first-order valence-electron chi connectivity index (χ1n) is 11.6. The number of nitrogens with two attached hydrogens (primary N) is 1. The smallest absolute Gasteiger partial charge is 0.341 e. The fourth-order valence-electron chi connectivity index (χ4n) is 4.37. The minimum Gasteiger partial charge on any atom is -0.341 e. The average Bonchev–Trinajstić information content (AvgIpc) is 3.23. The lowest BCUT2D eigenvalue weighted by Crippen LogP contribution is -2.44. The third-order valence-corrected chi connectivity index (χ3v) is 6.18. The number of halogens is 3. The van der Waals surface area contributed by atoms with Gasteiger partial charge in [-0.1, -0.05) is 30.2 Å². The lowest BCUT2D eigenvalue weighted by atomic mass is 10.1. The quantitative estimate of drug-likeness (QED) is 0.544. The second-order valence-corrected chi connectivity index (χ2v) is 8.73. The van der Waals surface area contributed by atoms with Crippen LogP contribution in [0.2, 0.25) is 0 Å². The lowest BCUT2D eigenvalue weighted by Gasteiger charge is -2.31. The number of rotatable bonds is 5. The van der Waals surface area contributed by atoms with E-state index in [-0.39, 0.29) is 30.3 Å². The van der Waals surface area contributed by atoms with Crippen LogP contribution in [0.5, 0.6) is 0 Å². The van der Waals surface area contributed by atoms with Crippen molar-refractivity contribution in [2.75, 3.05) is 18.0 Å². The minimum absolute atomic E-state index is 0.0225. The molecule has 1 aliphatic rings. The van der Waals surface area contributed by atoms with E-state index in [1.807, 2.05) is 4.90 Å². The summed E-state index contributed by atoms with van der Waals surface area (Å²) in [6.07, 6.45) is 0.257. The van der Waals surface area contributed by atoms with E-state index < -0.39 is 23.0 Å². The minimum atomic E-state index is -4.46. The SMILES string of the molecule is CC#CCn1c(N2CCC[C@@H](N)C2)nc2c1c(=O)n(CC=Cc1cccc(C(F)(F)F)c1)c(=O)n2C. The summed E-state index contributed by atoms with van der Waals surface area (Å²) in [5.74, 6) is 6.33. The Morgan fingerprint density at radius 2 is 2.03 bits per heavy atom. The van der Waals surface area contributed by atoms with Gasteiger partial charge in [-0.3, -0.25) is 18.5 Å². The summed E-state index contributed by atoms with van der Waals surface area (Å²) >= 11 is 0. The van der Waals surface area contributed by atoms with Crippen molar-refractivity contribution in [1.82, 2.24) is 18.7 Å². The largest absolute Gasteiger partial charge is 0.416 e. The number of benzene rings is 1. The molecule has 2 aromatic heterocycles. The molecule has 36 heavy (non-hydrogen) atoms. The molecule has 0 bridgehead atoms. The number of nitrogens with zero attached hydrogens (tertiary/aromatic N) is 5. The molecule has 8 nitrogen and oxygen atoms in total. The molecule has 0 radical (unpaired) electrons. The molecule has 0 unspecified atom stereocenters. The third kappa shape index (κ3) is 4.95. The van der Waals surface area contributed by atoms with Gasteiger partial charge in [-0.25, -0.2) is 4.79 Å². The van der Waals surface area contributed by atoms with Crippen LogP contribution in [0, 0.1) is 11.8 Å². The van der Waals surface area contributed by atoms with E-state index >= 15 is 0 Å². The molecule has 0 aliphatic carbocycles. The van der Waals surface area contributed by atoms with Crippen LogP contribution >= 0.6 is 0 Å². The summed E-state index contributed by atoms with van der Waals surface area (Å²) < 4.78 is 43.0. The predicted molar refractivity (Wildman–Crippen MR) is 133 cm³/mol. The number of aryl methyl sites for hydroxylation is 1. The molecule has 1 aromatic carbocycles. The van der Waals surface area contributed by atoms with Gasteiger partial charge < -0.3 is 10.6 Å². The van der Waals surface area contributed by atoms with Gasteiger partial charge in [0.2, 0.25) is 5.95 Å². The summed E-state index contributed by atoms with van der Waals surface area (Å²) in [5.41, 5.74) is 5.05. The van der Waals surface area contributed by atoms with E-state index in [2.05, 4.69) is 16.8 Å². The van der Waals surface area contributed by atoms with Crippen LogP contribution in [0.4, 0.5) is 19.1 Å². The van der Waals surface area contributed by atoms with Crippen LogP contribution in [0.25, 0.3) is 17.2 Å². The maximum atomic E-state index is 13.5. The van der Waals surface area contributed by atoms with E-state index in [0.29, 0.717) is 18.1 Å². The van der Waals surface area contributed by atoms with Crippen LogP contribution in [-0.2, 0) is 26.3 Å². The summed E-state index contributed by atoms with van der Waals surface area (Å²) in [6, 6.07) is 4.80. The van der Waals surface area contributed by atoms with E-state index in [4.69, 9.17) is 5.73 Å². The van der Waals surface area contributed by atoms with Gasteiger partial charge >= 0.3 is 11.9 Å². The van der Waals surface area contributed by atoms with Crippen LogP contribution in [-0.4, -0.2) is 37.8 Å². The molecule has 1 fully saturated rings. The predicted octanol–water partition coefficient (Wildman–Crippen LogP) is 2.58. The first-order chi connectivity index (χ1) is 17.1. The van der Waals surface area contributed by atoms with E-state index in [1.54, 1.807) is 11.5 Å². The molecular weight excluding hydrogens is 473 g/mol. The summed E-state index contributed by atoms with van der Waals surface area (Å²) in [7, 11) is 1.53. The first-order valence-corrected chi connectivity index (χ1v) is 11.6. The summed E-state index contributed by atoms with van der Waals surface area (Å²) in [4.78, 5) is 33.2. The Balaban J connectivity index is 1.77. The molecule has 2 N–H and O–H groups in total. The number of hydrogen-bond donors (Lipinski definition) is 1. The zero-order valence-corrected chi connectivity index (χ0v) is 20.0. The molecule has 3 aromatic rings. The van der Waals surface area contributed by atoms with Crippen molar-refractivity contribution in [1.29, 1.82) is 0 Å². The molecular formula is C25H27F3N6O2. The standard InChI is InChI=1S/C25H27F3N6O2/c1-3-4-13-33-20-21(30-23(33)32-12-7-11-19(29)16-32)31(2)24(36)34(22(20)35)14-6-9-17-8-5-10-18(15-17)25(26,27)28/h5-6,8-10,15,19H,7,11-14,16,29H2,1-2H3/t19-/m1/s1. The number of anilines is 1. The molecule has 4 rings (SSSR count). The van der Waals surface area contributed by atoms with E-state index in [0.717, 1.165) is 36.1 Å². The molecule has 1 atom stereocenters. The van der Waals surface area contributed by atoms with Gasteiger partial charge in [0.1, 0.15) is 0 Å². The van der Waals surface area contributed by atoms with Crippen molar-refractivity contribution in [3.63, 3.8) is 0 Å². The summed E-state index contributed by atoms with van der Waals surface area (Å²) in [5, 5.41) is 0. The summed E-state index contributed by atoms with van der Waals surface area (Å²) in [6.45, 7) is 3.08. The lowest BCUT2D eigenvalue weighted by molar-refractivity contribution is -0.137. The Kier molecular flexibility index (Phi) is 7.08. The van der Waals surface area contributed by atoms with Crippen molar-refractivity contribution in [3.05, 3.63) is 62.3 Å². The molecule has 0 saturated carbocycles. The van der Waals surface area contributed by atoms with Crippen LogP contribution in [0.1, 0.15) is 30.9 Å². The highest BCUT2D eigenvalue weighted by Gasteiger charge is 2.30. The fourth-order valence-corrected chi connectivity index (χ4v) is 4.37. The van der Waals surface area contributed by atoms with Crippen LogP contribution in [0.15, 0.2) is 39.9 Å². The second kappa shape index (κ2) is 10.1. The molecule has 1 saturated heterocycles. The van der Waals surface area contributed by atoms with Gasteiger partial charge in [-0.2, -0.15) is 18.2 Å². The van der Waals surface area contributed by atoms with Gasteiger partial charge in [-0.05, 0) is 37.5 Å². The van der Waals surface area contributed by atoms with Gasteiger partial charge in [0.25, 0.3) is 5.56 Å². The highest BCUT2D eigenvalue weighted by Crippen LogP contribution is 2.29. The maximum Gasteiger partial charge on any atom is 0.416 e. The number of fused-ring (bicyclic) bond motifs is 1. The van der Waals surface area contributed by atoms with Crippen molar-refractivity contribution in [3.8, 4) is 11.8 Å². The van der Waals surface area contributed by atoms with Crippen molar-refractivity contribution >= 4 is 23.2 Å². The van der Waals surface area contributed by atoms with Crippen molar-refractivity contribution in [2.24, 2.45) is 12.8 Å². The Morgan fingerprint density at radius 3 is 2.72 bits per heavy atom. The number of hydrogen-bond acceptors (Lipinski definition) is 5. The van der Waals surface area contributed by atoms with Crippen LogP contribution < -0.4 is 21.9 Å². The highest BCUT2D eigenvalue weighted by atomic mass is 19.4. The van der Waals surface area contributed by atoms with E-state index in [9.17, 15) is 22.8 Å².